The van der Waals surface area contributed by atoms with Crippen molar-refractivity contribution in [3.8, 4) is 17.2 Å². The van der Waals surface area contributed by atoms with Crippen LogP contribution in [-0.4, -0.2) is 27.5 Å². The number of carbonyl (C=O) groups is 2. The summed E-state index contributed by atoms with van der Waals surface area (Å²) in [5, 5.41) is 0.995. The van der Waals surface area contributed by atoms with Crippen LogP contribution >= 0.6 is 0 Å². The van der Waals surface area contributed by atoms with Gasteiger partial charge in [0.15, 0.2) is 11.5 Å². The Morgan fingerprint density at radius 3 is 2.17 bits per heavy atom. The van der Waals surface area contributed by atoms with E-state index in [9.17, 15) is 18.0 Å². The van der Waals surface area contributed by atoms with Crippen molar-refractivity contribution in [3.63, 3.8) is 0 Å². The molecule has 2 aromatic rings. The molecule has 0 aliphatic heterocycles. The van der Waals surface area contributed by atoms with Crippen LogP contribution in [0.3, 0.4) is 0 Å². The maximum absolute atomic E-state index is 12.2. The number of nitrogens with one attached hydrogen (secondary N) is 1. The fourth-order valence-electron chi connectivity index (χ4n) is 2.25. The number of esters is 2. The van der Waals surface area contributed by atoms with Crippen LogP contribution in [0.4, 0.5) is 0 Å². The van der Waals surface area contributed by atoms with Gasteiger partial charge in [0, 0.05) is 25.8 Å². The number of benzene rings is 2. The molecule has 0 atom stereocenters. The summed E-state index contributed by atoms with van der Waals surface area (Å²) in [5.41, 5.74) is 1.21. The van der Waals surface area contributed by atoms with Gasteiger partial charge in [-0.25, -0.2) is 13.1 Å². The van der Waals surface area contributed by atoms with Crippen LogP contribution in [0.15, 0.2) is 47.9 Å². The van der Waals surface area contributed by atoms with E-state index in [1.807, 2.05) is 0 Å². The smallest absolute Gasteiger partial charge is 0.308 e. The van der Waals surface area contributed by atoms with E-state index in [0.29, 0.717) is 11.3 Å². The summed E-state index contributed by atoms with van der Waals surface area (Å²) in [6, 6.07) is 11.3. The fourth-order valence-corrected chi connectivity index (χ4v) is 3.05. The van der Waals surface area contributed by atoms with Gasteiger partial charge in [0.25, 0.3) is 0 Å². The van der Waals surface area contributed by atoms with Gasteiger partial charge in [0.2, 0.25) is 10.0 Å². The predicted molar refractivity (Wildman–Crippen MR) is 107 cm³/mol. The molecule has 0 aliphatic rings. The van der Waals surface area contributed by atoms with Crippen LogP contribution in [0.5, 0.6) is 17.2 Å². The highest BCUT2D eigenvalue weighted by molar-refractivity contribution is 7.92. The molecule has 1 N–H and O–H groups in total. The molecule has 0 fully saturated rings. The van der Waals surface area contributed by atoms with Crippen molar-refractivity contribution in [1.29, 1.82) is 0 Å². The Morgan fingerprint density at radius 2 is 1.59 bits per heavy atom. The molecule has 0 saturated heterocycles. The lowest BCUT2D eigenvalue weighted by Gasteiger charge is -2.09. The first-order valence-electron chi connectivity index (χ1n) is 8.50. The van der Waals surface area contributed by atoms with Crippen LogP contribution in [0.25, 0.3) is 6.08 Å². The maximum Gasteiger partial charge on any atom is 0.308 e. The zero-order valence-electron chi connectivity index (χ0n) is 16.2. The second kappa shape index (κ2) is 9.85. The minimum Gasteiger partial charge on any atom is -0.497 e. The van der Waals surface area contributed by atoms with Crippen LogP contribution < -0.4 is 18.9 Å². The van der Waals surface area contributed by atoms with Crippen molar-refractivity contribution in [3.05, 3.63) is 59.0 Å². The molecule has 2 aromatic carbocycles. The van der Waals surface area contributed by atoms with E-state index in [2.05, 4.69) is 4.72 Å². The molecule has 0 radical (unpaired) electrons. The Labute approximate surface area is 169 Å². The third-order valence-corrected chi connectivity index (χ3v) is 4.59. The minimum absolute atomic E-state index is 0.0124. The summed E-state index contributed by atoms with van der Waals surface area (Å²) in [4.78, 5) is 22.4. The summed E-state index contributed by atoms with van der Waals surface area (Å²) in [5.74, 6) is -0.429. The van der Waals surface area contributed by atoms with Crippen molar-refractivity contribution in [2.75, 3.05) is 7.11 Å². The average Bonchev–Trinajstić information content (AvgIpc) is 2.66. The zero-order valence-corrected chi connectivity index (χ0v) is 17.0. The van der Waals surface area contributed by atoms with Gasteiger partial charge in [0.1, 0.15) is 5.75 Å². The SMILES string of the molecule is COc1ccc(CNS(=O)(=O)/C=C/c2ccc(OC(C)=O)c(OC(C)=O)c2)cc1. The van der Waals surface area contributed by atoms with Gasteiger partial charge in [0.05, 0.1) is 7.11 Å². The van der Waals surface area contributed by atoms with Crippen LogP contribution in [0.2, 0.25) is 0 Å². The summed E-state index contributed by atoms with van der Waals surface area (Å²) < 4.78 is 41.9. The highest BCUT2D eigenvalue weighted by Crippen LogP contribution is 2.29. The fraction of sp³-hybridized carbons (Fsp3) is 0.200. The molecule has 0 amide bonds. The second-order valence-corrected chi connectivity index (χ2v) is 7.56. The van der Waals surface area contributed by atoms with E-state index in [0.717, 1.165) is 11.0 Å². The molecule has 9 heteroatoms. The molecule has 8 nitrogen and oxygen atoms in total. The van der Waals surface area contributed by atoms with Crippen molar-refractivity contribution >= 4 is 28.0 Å². The standard InChI is InChI=1S/C20H21NO7S/c1-14(22)27-19-9-6-16(12-20(19)28-15(2)23)10-11-29(24,25)21-13-17-4-7-18(26-3)8-5-17/h4-12,21H,13H2,1-3H3/b11-10+. The number of rotatable bonds is 8. The van der Waals surface area contributed by atoms with E-state index in [1.54, 1.807) is 31.4 Å². The van der Waals surface area contributed by atoms with Gasteiger partial charge in [-0.2, -0.15) is 0 Å². The van der Waals surface area contributed by atoms with Crippen molar-refractivity contribution < 1.29 is 32.2 Å². The Bertz CT molecular complexity index is 1010. The number of hydrogen-bond acceptors (Lipinski definition) is 7. The topological polar surface area (TPSA) is 108 Å². The maximum atomic E-state index is 12.2. The molecule has 0 heterocycles. The van der Waals surface area contributed by atoms with Gasteiger partial charge >= 0.3 is 11.9 Å². The molecule has 2 rings (SSSR count). The molecule has 0 aromatic heterocycles. The van der Waals surface area contributed by atoms with Gasteiger partial charge in [-0.3, -0.25) is 9.59 Å². The van der Waals surface area contributed by atoms with Crippen LogP contribution in [0.1, 0.15) is 25.0 Å². The number of ether oxygens (including phenoxy) is 3. The summed E-state index contributed by atoms with van der Waals surface area (Å²) >= 11 is 0. The Hall–Kier alpha value is -3.17. The van der Waals surface area contributed by atoms with E-state index in [1.165, 1.54) is 38.1 Å². The van der Waals surface area contributed by atoms with Crippen molar-refractivity contribution in [1.82, 2.24) is 4.72 Å². The molecule has 0 spiro atoms. The van der Waals surface area contributed by atoms with E-state index < -0.39 is 22.0 Å². The number of methoxy groups -OCH3 is 1. The summed E-state index contributed by atoms with van der Waals surface area (Å²) in [7, 11) is -2.16. The first-order valence-corrected chi connectivity index (χ1v) is 10.0. The van der Waals surface area contributed by atoms with Gasteiger partial charge in [-0.15, -0.1) is 0 Å². The third kappa shape index (κ3) is 7.40. The lowest BCUT2D eigenvalue weighted by molar-refractivity contribution is -0.134. The first-order chi connectivity index (χ1) is 13.7. The molecule has 154 valence electrons. The first kappa shape index (κ1) is 22.1. The number of sulfonamides is 1. The average molecular weight is 419 g/mol. The predicted octanol–water partition coefficient (Wildman–Crippen LogP) is 2.64. The summed E-state index contributed by atoms with van der Waals surface area (Å²) in [6.45, 7) is 2.53. The van der Waals surface area contributed by atoms with E-state index in [-0.39, 0.29) is 18.0 Å². The number of hydrogen-bond donors (Lipinski definition) is 1. The largest absolute Gasteiger partial charge is 0.497 e. The normalized spacial score (nSPS) is 11.3. The highest BCUT2D eigenvalue weighted by Gasteiger charge is 2.11. The molecular weight excluding hydrogens is 398 g/mol. The Kier molecular flexibility index (Phi) is 7.52. The summed E-state index contributed by atoms with van der Waals surface area (Å²) in [6.07, 6.45) is 1.33. The van der Waals surface area contributed by atoms with Crippen LogP contribution in [0, 0.1) is 0 Å². The molecule has 29 heavy (non-hydrogen) atoms. The third-order valence-electron chi connectivity index (χ3n) is 3.55. The lowest BCUT2D eigenvalue weighted by Crippen LogP contribution is -2.20. The zero-order chi connectivity index (χ0) is 21.4. The van der Waals surface area contributed by atoms with Gasteiger partial charge in [-0.05, 0) is 41.5 Å². The minimum atomic E-state index is -3.71. The van der Waals surface area contributed by atoms with Crippen molar-refractivity contribution in [2.24, 2.45) is 0 Å². The van der Waals surface area contributed by atoms with E-state index in [4.69, 9.17) is 14.2 Å². The van der Waals surface area contributed by atoms with E-state index >= 15 is 0 Å². The Morgan fingerprint density at radius 1 is 0.966 bits per heavy atom. The Balaban J connectivity index is 2.11. The monoisotopic (exact) mass is 419 g/mol. The molecule has 0 unspecified atom stereocenters. The molecular formula is C20H21NO7S. The molecule has 0 aliphatic carbocycles. The van der Waals surface area contributed by atoms with Crippen LogP contribution in [-0.2, 0) is 26.2 Å². The lowest BCUT2D eigenvalue weighted by atomic mass is 10.2. The van der Waals surface area contributed by atoms with Gasteiger partial charge < -0.3 is 14.2 Å². The number of carbonyl (C=O) groups excluding carboxylic acids is 2. The highest BCUT2D eigenvalue weighted by atomic mass is 32.2. The second-order valence-electron chi connectivity index (χ2n) is 5.91. The molecule has 0 saturated carbocycles. The van der Waals surface area contributed by atoms with Gasteiger partial charge in [-0.1, -0.05) is 18.2 Å². The quantitative estimate of drug-likeness (QED) is 0.518. The molecule has 0 bridgehead atoms. The van der Waals surface area contributed by atoms with Crippen molar-refractivity contribution in [2.45, 2.75) is 20.4 Å².